The van der Waals surface area contributed by atoms with E-state index in [0.29, 0.717) is 17.9 Å². The Balaban J connectivity index is 1.82. The number of carbonyl (C=O) groups is 2. The van der Waals surface area contributed by atoms with Gasteiger partial charge >= 0.3 is 0 Å². The summed E-state index contributed by atoms with van der Waals surface area (Å²) in [6.45, 7) is 8.48. The number of aliphatic hydroxyl groups is 1. The molecule has 36 heavy (non-hydrogen) atoms. The number of aromatic nitrogens is 1. The summed E-state index contributed by atoms with van der Waals surface area (Å²) in [5.74, 6) is -0.994. The lowest BCUT2D eigenvalue weighted by Crippen LogP contribution is -2.29. The van der Waals surface area contributed by atoms with Crippen molar-refractivity contribution in [3.8, 4) is 5.75 Å². The number of hydrogen-bond acceptors (Lipinski definition) is 6. The van der Waals surface area contributed by atoms with Crippen molar-refractivity contribution in [1.82, 2.24) is 9.88 Å². The quantitative estimate of drug-likeness (QED) is 0.262. The number of aliphatic hydroxyl groups excluding tert-OH is 1. The van der Waals surface area contributed by atoms with Crippen LogP contribution in [0.5, 0.6) is 5.75 Å². The SMILES string of the molecule is CCOc1cccc(/C(O)=C2/C(=O)C(=O)N(Cc3ccncc3)C2c2ccc(N(CC)CC)cc2)c1. The summed E-state index contributed by atoms with van der Waals surface area (Å²) in [5, 5.41) is 11.3. The largest absolute Gasteiger partial charge is 0.507 e. The summed E-state index contributed by atoms with van der Waals surface area (Å²) in [7, 11) is 0. The molecule has 2 heterocycles. The number of nitrogens with zero attached hydrogens (tertiary/aromatic N) is 3. The molecule has 1 N–H and O–H groups in total. The molecule has 4 rings (SSSR count). The van der Waals surface area contributed by atoms with Crippen LogP contribution < -0.4 is 9.64 Å². The third kappa shape index (κ3) is 4.96. The molecule has 0 saturated carbocycles. The highest BCUT2D eigenvalue weighted by molar-refractivity contribution is 6.46. The normalized spacial score (nSPS) is 16.9. The Bertz CT molecular complexity index is 1250. The van der Waals surface area contributed by atoms with Crippen LogP contribution in [0.15, 0.2) is 78.6 Å². The molecule has 0 aliphatic carbocycles. The van der Waals surface area contributed by atoms with E-state index in [9.17, 15) is 14.7 Å². The van der Waals surface area contributed by atoms with E-state index in [1.807, 2.05) is 43.3 Å². The van der Waals surface area contributed by atoms with E-state index < -0.39 is 17.7 Å². The van der Waals surface area contributed by atoms with E-state index in [0.717, 1.165) is 29.9 Å². The van der Waals surface area contributed by atoms with E-state index in [1.165, 1.54) is 4.90 Å². The lowest BCUT2D eigenvalue weighted by atomic mass is 9.95. The van der Waals surface area contributed by atoms with Crippen LogP contribution in [-0.4, -0.2) is 46.4 Å². The fourth-order valence-electron chi connectivity index (χ4n) is 4.59. The topological polar surface area (TPSA) is 83.0 Å². The van der Waals surface area contributed by atoms with Gasteiger partial charge in [0.15, 0.2) is 0 Å². The maximum Gasteiger partial charge on any atom is 0.295 e. The summed E-state index contributed by atoms with van der Waals surface area (Å²) >= 11 is 0. The second-order valence-corrected chi connectivity index (χ2v) is 8.51. The van der Waals surface area contributed by atoms with Crippen molar-refractivity contribution in [1.29, 1.82) is 0 Å². The minimum atomic E-state index is -0.736. The first-order valence-corrected chi connectivity index (χ1v) is 12.2. The van der Waals surface area contributed by atoms with Crippen molar-refractivity contribution < 1.29 is 19.4 Å². The first-order valence-electron chi connectivity index (χ1n) is 12.2. The lowest BCUT2D eigenvalue weighted by Gasteiger charge is -2.27. The highest BCUT2D eigenvalue weighted by Gasteiger charge is 2.46. The van der Waals surface area contributed by atoms with Crippen LogP contribution in [0, 0.1) is 0 Å². The Hall–Kier alpha value is -4.13. The Morgan fingerprint density at radius 2 is 1.69 bits per heavy atom. The number of amides is 1. The molecular formula is C29H31N3O4. The zero-order valence-corrected chi connectivity index (χ0v) is 20.8. The van der Waals surface area contributed by atoms with Crippen LogP contribution in [0.3, 0.4) is 0 Å². The number of benzene rings is 2. The molecule has 0 spiro atoms. The first kappa shape index (κ1) is 25.0. The summed E-state index contributed by atoms with van der Waals surface area (Å²) < 4.78 is 5.57. The molecule has 1 aliphatic heterocycles. The van der Waals surface area contributed by atoms with Gasteiger partial charge in [-0.2, -0.15) is 0 Å². The predicted octanol–water partition coefficient (Wildman–Crippen LogP) is 4.95. The molecular weight excluding hydrogens is 454 g/mol. The number of rotatable bonds is 9. The highest BCUT2D eigenvalue weighted by atomic mass is 16.5. The average molecular weight is 486 g/mol. The van der Waals surface area contributed by atoms with Gasteiger partial charge in [0.2, 0.25) is 0 Å². The van der Waals surface area contributed by atoms with Crippen LogP contribution in [0.2, 0.25) is 0 Å². The molecule has 0 bridgehead atoms. The van der Waals surface area contributed by atoms with Crippen molar-refractivity contribution in [3.63, 3.8) is 0 Å². The number of carbonyl (C=O) groups excluding carboxylic acids is 2. The molecule has 3 aromatic rings. The second-order valence-electron chi connectivity index (χ2n) is 8.51. The van der Waals surface area contributed by atoms with Gasteiger partial charge in [-0.25, -0.2) is 0 Å². The van der Waals surface area contributed by atoms with Crippen molar-refractivity contribution in [2.45, 2.75) is 33.4 Å². The lowest BCUT2D eigenvalue weighted by molar-refractivity contribution is -0.140. The van der Waals surface area contributed by atoms with Gasteiger partial charge in [-0.3, -0.25) is 14.6 Å². The molecule has 1 fully saturated rings. The minimum Gasteiger partial charge on any atom is -0.507 e. The van der Waals surface area contributed by atoms with Gasteiger partial charge in [-0.05, 0) is 68.3 Å². The molecule has 1 unspecified atom stereocenters. The molecule has 1 aliphatic rings. The van der Waals surface area contributed by atoms with Crippen LogP contribution in [0.25, 0.3) is 5.76 Å². The maximum atomic E-state index is 13.3. The van der Waals surface area contributed by atoms with Crippen LogP contribution in [0.4, 0.5) is 5.69 Å². The molecule has 2 aromatic carbocycles. The molecule has 1 amide bonds. The Kier molecular flexibility index (Phi) is 7.68. The standard InChI is InChI=1S/C29H31N3O4/c1-4-31(5-2)23-12-10-21(11-13-23)26-25(27(33)22-8-7-9-24(18-22)36-6-3)28(34)29(35)32(26)19-20-14-16-30-17-15-20/h7-18,26,33H,4-6,19H2,1-3H3/b27-25-. The van der Waals surface area contributed by atoms with Gasteiger partial charge in [-0.1, -0.05) is 24.3 Å². The first-order chi connectivity index (χ1) is 17.5. The molecule has 1 saturated heterocycles. The summed E-state index contributed by atoms with van der Waals surface area (Å²) in [6, 6.07) is 17.6. The average Bonchev–Trinajstić information content (AvgIpc) is 3.15. The third-order valence-electron chi connectivity index (χ3n) is 6.40. The predicted molar refractivity (Wildman–Crippen MR) is 140 cm³/mol. The fraction of sp³-hybridized carbons (Fsp3) is 0.276. The van der Waals surface area contributed by atoms with Gasteiger partial charge in [0.05, 0.1) is 18.2 Å². The zero-order valence-electron chi connectivity index (χ0n) is 20.8. The van der Waals surface area contributed by atoms with Crippen LogP contribution in [0.1, 0.15) is 43.5 Å². The van der Waals surface area contributed by atoms with E-state index in [4.69, 9.17) is 4.74 Å². The smallest absolute Gasteiger partial charge is 0.295 e. The van der Waals surface area contributed by atoms with Crippen LogP contribution >= 0.6 is 0 Å². The molecule has 1 atom stereocenters. The van der Waals surface area contributed by atoms with Crippen molar-refractivity contribution >= 4 is 23.1 Å². The third-order valence-corrected chi connectivity index (χ3v) is 6.40. The number of ketones is 1. The molecule has 1 aromatic heterocycles. The second kappa shape index (κ2) is 11.1. The number of likely N-dealkylation sites (tertiary alicyclic amines) is 1. The minimum absolute atomic E-state index is 0.0679. The maximum absolute atomic E-state index is 13.3. The van der Waals surface area contributed by atoms with E-state index in [2.05, 4.69) is 23.7 Å². The molecule has 7 nitrogen and oxygen atoms in total. The number of anilines is 1. The summed E-state index contributed by atoms with van der Waals surface area (Å²) in [4.78, 5) is 34.4. The van der Waals surface area contributed by atoms with E-state index in [-0.39, 0.29) is 17.9 Å². The fourth-order valence-corrected chi connectivity index (χ4v) is 4.59. The number of pyridine rings is 1. The van der Waals surface area contributed by atoms with Crippen molar-refractivity contribution in [2.75, 3.05) is 24.6 Å². The summed E-state index contributed by atoms with van der Waals surface area (Å²) in [5.41, 5.74) is 3.14. The van der Waals surface area contributed by atoms with Crippen molar-refractivity contribution in [3.05, 3.63) is 95.3 Å². The van der Waals surface area contributed by atoms with Crippen LogP contribution in [-0.2, 0) is 16.1 Å². The van der Waals surface area contributed by atoms with E-state index >= 15 is 0 Å². The van der Waals surface area contributed by atoms with E-state index in [1.54, 1.807) is 36.7 Å². The monoisotopic (exact) mass is 485 g/mol. The number of hydrogen-bond donors (Lipinski definition) is 1. The summed E-state index contributed by atoms with van der Waals surface area (Å²) in [6.07, 6.45) is 3.30. The van der Waals surface area contributed by atoms with Crippen molar-refractivity contribution in [2.24, 2.45) is 0 Å². The highest BCUT2D eigenvalue weighted by Crippen LogP contribution is 2.41. The van der Waals surface area contributed by atoms with Gasteiger partial charge in [-0.15, -0.1) is 0 Å². The van der Waals surface area contributed by atoms with Gasteiger partial charge in [0.25, 0.3) is 11.7 Å². The number of Topliss-reactive ketones (excluding diaryl/α,β-unsaturated/α-hetero) is 1. The Labute approximate surface area is 211 Å². The Morgan fingerprint density at radius 3 is 2.33 bits per heavy atom. The van der Waals surface area contributed by atoms with Gasteiger partial charge in [0.1, 0.15) is 11.5 Å². The number of ether oxygens (including phenoxy) is 1. The van der Waals surface area contributed by atoms with Gasteiger partial charge in [0, 0.05) is 43.3 Å². The molecule has 7 heteroatoms. The molecule has 0 radical (unpaired) electrons. The zero-order chi connectivity index (χ0) is 25.7. The van der Waals surface area contributed by atoms with Gasteiger partial charge < -0.3 is 19.6 Å². The Morgan fingerprint density at radius 1 is 1.00 bits per heavy atom. The molecule has 186 valence electrons.